The van der Waals surface area contributed by atoms with Crippen molar-refractivity contribution < 1.29 is 0 Å². The predicted molar refractivity (Wildman–Crippen MR) is 98.6 cm³/mol. The lowest BCUT2D eigenvalue weighted by Crippen LogP contribution is -2.35. The Morgan fingerprint density at radius 1 is 1.26 bits per heavy atom. The molecule has 1 saturated heterocycles. The van der Waals surface area contributed by atoms with Crippen molar-refractivity contribution in [3.63, 3.8) is 0 Å². The van der Waals surface area contributed by atoms with Gasteiger partial charge in [-0.1, -0.05) is 29.9 Å². The molecule has 0 radical (unpaired) electrons. The first kappa shape index (κ1) is 15.4. The predicted octanol–water partition coefficient (Wildman–Crippen LogP) is 4.78. The number of nitrogens with zero attached hydrogens (tertiary/aromatic N) is 4. The van der Waals surface area contributed by atoms with Crippen LogP contribution < -0.4 is 0 Å². The smallest absolute Gasteiger partial charge is 0.180 e. The highest BCUT2D eigenvalue weighted by Gasteiger charge is 2.27. The molecule has 23 heavy (non-hydrogen) atoms. The largest absolute Gasteiger partial charge is 0.275 e. The van der Waals surface area contributed by atoms with Gasteiger partial charge in [0.25, 0.3) is 0 Å². The maximum absolute atomic E-state index is 5.43. The Kier molecular flexibility index (Phi) is 4.27. The second-order valence-electron chi connectivity index (χ2n) is 5.87. The lowest BCUT2D eigenvalue weighted by Gasteiger charge is -2.34. The van der Waals surface area contributed by atoms with Gasteiger partial charge in [-0.25, -0.2) is 9.67 Å². The van der Waals surface area contributed by atoms with E-state index in [9.17, 15) is 0 Å². The van der Waals surface area contributed by atoms with Crippen LogP contribution in [0.3, 0.4) is 0 Å². The van der Waals surface area contributed by atoms with Gasteiger partial charge in [-0.05, 0) is 44.1 Å². The Hall–Kier alpha value is -1.15. The van der Waals surface area contributed by atoms with E-state index in [1.54, 1.807) is 11.3 Å². The molecule has 0 N–H and O–H groups in total. The van der Waals surface area contributed by atoms with E-state index in [1.807, 2.05) is 22.9 Å². The van der Waals surface area contributed by atoms with E-state index >= 15 is 0 Å². The molecule has 1 aliphatic heterocycles. The highest BCUT2D eigenvalue weighted by atomic mass is 32.1. The van der Waals surface area contributed by atoms with Crippen LogP contribution >= 0.6 is 34.9 Å². The van der Waals surface area contributed by atoms with Crippen molar-refractivity contribution in [2.24, 2.45) is 0 Å². The van der Waals surface area contributed by atoms with Gasteiger partial charge in [0.15, 0.2) is 3.95 Å². The van der Waals surface area contributed by atoms with E-state index in [0.29, 0.717) is 6.04 Å². The third-order valence-electron chi connectivity index (χ3n) is 4.23. The second kappa shape index (κ2) is 6.39. The van der Waals surface area contributed by atoms with Gasteiger partial charge in [-0.2, -0.15) is 5.10 Å². The maximum atomic E-state index is 5.43. The summed E-state index contributed by atoms with van der Waals surface area (Å²) in [6.07, 6.45) is 3.66. The van der Waals surface area contributed by atoms with Crippen LogP contribution in [0.15, 0.2) is 24.3 Å². The monoisotopic (exact) mass is 362 g/mol. The van der Waals surface area contributed by atoms with E-state index in [1.165, 1.54) is 22.5 Å². The zero-order valence-corrected chi connectivity index (χ0v) is 15.4. The number of benzene rings is 1. The highest BCUT2D eigenvalue weighted by molar-refractivity contribution is 7.73. The Bertz CT molecular complexity index is 846. The van der Waals surface area contributed by atoms with E-state index in [2.05, 4.69) is 34.3 Å². The lowest BCUT2D eigenvalue weighted by atomic mass is 10.0. The van der Waals surface area contributed by atoms with Crippen molar-refractivity contribution in [3.8, 4) is 0 Å². The molecule has 2 aromatic heterocycles. The Morgan fingerprint density at radius 2 is 2.13 bits per heavy atom. The van der Waals surface area contributed by atoms with Gasteiger partial charge in [-0.15, -0.1) is 11.3 Å². The van der Waals surface area contributed by atoms with Gasteiger partial charge in [-0.3, -0.25) is 4.90 Å². The summed E-state index contributed by atoms with van der Waals surface area (Å²) in [4.78, 5) is 7.36. The number of thiazole rings is 1. The van der Waals surface area contributed by atoms with E-state index in [4.69, 9.17) is 17.2 Å². The fraction of sp³-hybridized carbons (Fsp3) is 0.438. The summed E-state index contributed by atoms with van der Waals surface area (Å²) in [7, 11) is 0. The Balaban J connectivity index is 1.64. The van der Waals surface area contributed by atoms with Crippen LogP contribution in [0.1, 0.15) is 35.3 Å². The first-order valence-electron chi connectivity index (χ1n) is 7.85. The van der Waals surface area contributed by atoms with E-state index in [-0.39, 0.29) is 0 Å². The molecular formula is C16H18N4S3. The van der Waals surface area contributed by atoms with E-state index < -0.39 is 0 Å². The third kappa shape index (κ3) is 3.10. The molecule has 3 heterocycles. The van der Waals surface area contributed by atoms with E-state index in [0.717, 1.165) is 34.1 Å². The number of para-hydroxylation sites is 1. The van der Waals surface area contributed by atoms with Gasteiger partial charge < -0.3 is 0 Å². The minimum Gasteiger partial charge on any atom is -0.275 e. The van der Waals surface area contributed by atoms with Crippen molar-refractivity contribution in [1.82, 2.24) is 19.7 Å². The molecule has 0 saturated carbocycles. The molecule has 0 aliphatic carbocycles. The third-order valence-corrected chi connectivity index (χ3v) is 6.59. The van der Waals surface area contributed by atoms with Crippen molar-refractivity contribution in [1.29, 1.82) is 0 Å². The van der Waals surface area contributed by atoms with Crippen LogP contribution in [0.4, 0.5) is 0 Å². The molecule has 7 heteroatoms. The maximum Gasteiger partial charge on any atom is 0.180 e. The zero-order chi connectivity index (χ0) is 15.8. The molecule has 1 aromatic carbocycles. The molecule has 0 bridgehead atoms. The van der Waals surface area contributed by atoms with Crippen LogP contribution in [0.25, 0.3) is 10.2 Å². The van der Waals surface area contributed by atoms with Gasteiger partial charge in [0.05, 0.1) is 22.9 Å². The number of aryl methyl sites for hydroxylation is 1. The molecule has 1 fully saturated rings. The second-order valence-corrected chi connectivity index (χ2v) is 8.76. The minimum atomic E-state index is 0.380. The first-order valence-corrected chi connectivity index (χ1v) is 9.89. The minimum absolute atomic E-state index is 0.380. The first-order chi connectivity index (χ1) is 11.2. The van der Waals surface area contributed by atoms with Gasteiger partial charge >= 0.3 is 0 Å². The number of rotatable bonds is 3. The summed E-state index contributed by atoms with van der Waals surface area (Å²) in [5.74, 6) is 0. The number of hydrogen-bond acceptors (Lipinski definition) is 6. The van der Waals surface area contributed by atoms with Crippen LogP contribution in [0.2, 0.25) is 0 Å². The van der Waals surface area contributed by atoms with Crippen LogP contribution in [-0.4, -0.2) is 26.2 Å². The molecule has 1 atom stereocenters. The fourth-order valence-corrected chi connectivity index (χ4v) is 5.34. The van der Waals surface area contributed by atoms with Gasteiger partial charge in [0.1, 0.15) is 10.0 Å². The summed E-state index contributed by atoms with van der Waals surface area (Å²) in [6, 6.07) is 8.78. The number of piperidine rings is 1. The molecule has 0 spiro atoms. The summed E-state index contributed by atoms with van der Waals surface area (Å²) < 4.78 is 4.09. The number of likely N-dealkylation sites (tertiary alicyclic amines) is 1. The molecule has 4 rings (SSSR count). The van der Waals surface area contributed by atoms with Crippen molar-refractivity contribution in [2.45, 2.75) is 38.9 Å². The summed E-state index contributed by atoms with van der Waals surface area (Å²) in [5.41, 5.74) is 1.11. The fourth-order valence-electron chi connectivity index (χ4n) is 3.14. The molecular weight excluding hydrogens is 344 g/mol. The quantitative estimate of drug-likeness (QED) is 0.628. The molecule has 0 unspecified atom stereocenters. The molecule has 0 amide bonds. The highest BCUT2D eigenvalue weighted by Crippen LogP contribution is 2.35. The summed E-state index contributed by atoms with van der Waals surface area (Å²) in [6.45, 7) is 3.86. The normalized spacial score (nSPS) is 19.4. The Morgan fingerprint density at radius 3 is 2.91 bits per heavy atom. The summed E-state index contributed by atoms with van der Waals surface area (Å²) >= 11 is 8.84. The van der Waals surface area contributed by atoms with Crippen LogP contribution in [0, 0.1) is 10.9 Å². The zero-order valence-electron chi connectivity index (χ0n) is 12.9. The molecule has 4 nitrogen and oxygen atoms in total. The lowest BCUT2D eigenvalue weighted by molar-refractivity contribution is 0.103. The standard InChI is InChI=1S/C16H18N4S3/c1-11-18-20(16(21)22-11)10-19-9-5-4-7-13(19)15-17-12-6-2-3-8-14(12)23-15/h2-3,6,8,13H,4-5,7,9-10H2,1H3/t13-/m0/s1. The van der Waals surface area contributed by atoms with Gasteiger partial charge in [0.2, 0.25) is 0 Å². The Labute approximate surface area is 148 Å². The average molecular weight is 363 g/mol. The molecule has 1 aliphatic rings. The number of aromatic nitrogens is 3. The topological polar surface area (TPSA) is 34.0 Å². The molecule has 3 aromatic rings. The number of hydrogen-bond donors (Lipinski definition) is 0. The van der Waals surface area contributed by atoms with Gasteiger partial charge in [0, 0.05) is 6.54 Å². The van der Waals surface area contributed by atoms with Crippen molar-refractivity contribution in [3.05, 3.63) is 38.2 Å². The van der Waals surface area contributed by atoms with Crippen LogP contribution in [0.5, 0.6) is 0 Å². The summed E-state index contributed by atoms with van der Waals surface area (Å²) in [5, 5.41) is 6.80. The van der Waals surface area contributed by atoms with Crippen LogP contribution in [-0.2, 0) is 6.67 Å². The number of fused-ring (bicyclic) bond motifs is 1. The SMILES string of the molecule is Cc1nn(CN2CCCC[C@H]2c2nc3ccccc3s2)c(=S)s1. The average Bonchev–Trinajstić information content (AvgIpc) is 3.11. The van der Waals surface area contributed by atoms with Crippen molar-refractivity contribution in [2.75, 3.05) is 6.54 Å². The van der Waals surface area contributed by atoms with Crippen molar-refractivity contribution >= 4 is 45.1 Å². The molecule has 120 valence electrons.